The summed E-state index contributed by atoms with van der Waals surface area (Å²) in [6.07, 6.45) is -0.0266. The Kier molecular flexibility index (Phi) is 10.6. The first-order valence-electron chi connectivity index (χ1n) is 12.1. The van der Waals surface area contributed by atoms with Crippen molar-refractivity contribution in [3.05, 3.63) is 93.5 Å². The highest BCUT2D eigenvalue weighted by Gasteiger charge is 2.48. The third-order valence-corrected chi connectivity index (χ3v) is 6.36. The van der Waals surface area contributed by atoms with Crippen molar-refractivity contribution in [3.63, 3.8) is 0 Å². The van der Waals surface area contributed by atoms with Gasteiger partial charge in [-0.05, 0) is 36.8 Å². The molecule has 206 valence electrons. The number of rotatable bonds is 12. The van der Waals surface area contributed by atoms with Gasteiger partial charge in [-0.25, -0.2) is 4.79 Å². The van der Waals surface area contributed by atoms with E-state index in [-0.39, 0.29) is 58.9 Å². The van der Waals surface area contributed by atoms with Crippen molar-refractivity contribution in [3.8, 4) is 11.5 Å². The minimum atomic E-state index is -1.85. The Morgan fingerprint density at radius 1 is 0.846 bits per heavy atom. The summed E-state index contributed by atoms with van der Waals surface area (Å²) in [5.74, 6) is -1.44. The van der Waals surface area contributed by atoms with Gasteiger partial charge in [0, 0.05) is 13.3 Å². The van der Waals surface area contributed by atoms with Crippen LogP contribution in [0.25, 0.3) is 0 Å². The molecule has 0 aliphatic heterocycles. The van der Waals surface area contributed by atoms with E-state index in [9.17, 15) is 14.4 Å². The quantitative estimate of drug-likeness (QED) is 0.229. The Morgan fingerprint density at radius 2 is 1.49 bits per heavy atom. The lowest BCUT2D eigenvalue weighted by Crippen LogP contribution is -2.54. The van der Waals surface area contributed by atoms with Crippen LogP contribution in [-0.4, -0.2) is 44.8 Å². The first-order valence-corrected chi connectivity index (χ1v) is 12.9. The molecule has 0 fully saturated rings. The zero-order valence-corrected chi connectivity index (χ0v) is 23.3. The SMILES string of the molecule is CCOC(=O)[C@](Cc1ccccc1)(NC(=O)c1c(Cl)cccc1Cl)c1c(OC)cccc1OCCOC(C)=O. The van der Waals surface area contributed by atoms with Crippen molar-refractivity contribution in [2.45, 2.75) is 25.8 Å². The molecule has 0 unspecified atom stereocenters. The smallest absolute Gasteiger partial charge is 0.337 e. The topological polar surface area (TPSA) is 100 Å². The summed E-state index contributed by atoms with van der Waals surface area (Å²) < 4.78 is 22.2. The number of amides is 1. The average molecular weight is 574 g/mol. The first-order chi connectivity index (χ1) is 18.7. The van der Waals surface area contributed by atoms with Crippen molar-refractivity contribution in [1.82, 2.24) is 5.32 Å². The number of hydrogen-bond donors (Lipinski definition) is 1. The van der Waals surface area contributed by atoms with E-state index in [1.807, 2.05) is 30.3 Å². The lowest BCUT2D eigenvalue weighted by atomic mass is 9.81. The van der Waals surface area contributed by atoms with E-state index >= 15 is 0 Å². The summed E-state index contributed by atoms with van der Waals surface area (Å²) in [5, 5.41) is 3.09. The third-order valence-electron chi connectivity index (χ3n) is 5.73. The highest BCUT2D eigenvalue weighted by atomic mass is 35.5. The largest absolute Gasteiger partial charge is 0.496 e. The van der Waals surface area contributed by atoms with Crippen LogP contribution in [0.15, 0.2) is 66.7 Å². The van der Waals surface area contributed by atoms with Crippen molar-refractivity contribution in [2.24, 2.45) is 0 Å². The highest BCUT2D eigenvalue weighted by Crippen LogP contribution is 2.42. The van der Waals surface area contributed by atoms with Gasteiger partial charge < -0.3 is 24.3 Å². The Bertz CT molecular complexity index is 1300. The van der Waals surface area contributed by atoms with Gasteiger partial charge in [-0.2, -0.15) is 0 Å². The molecule has 0 heterocycles. The molecule has 1 amide bonds. The van der Waals surface area contributed by atoms with Crippen LogP contribution >= 0.6 is 23.2 Å². The summed E-state index contributed by atoms with van der Waals surface area (Å²) in [6.45, 7) is 2.94. The third kappa shape index (κ3) is 7.22. The Morgan fingerprint density at radius 3 is 2.10 bits per heavy atom. The monoisotopic (exact) mass is 573 g/mol. The number of carbonyl (C=O) groups excluding carboxylic acids is 3. The van der Waals surface area contributed by atoms with Crippen LogP contribution in [0.1, 0.15) is 35.3 Å². The molecule has 0 saturated heterocycles. The fourth-order valence-corrected chi connectivity index (χ4v) is 4.68. The molecule has 8 nitrogen and oxygen atoms in total. The maximum Gasteiger partial charge on any atom is 0.337 e. The van der Waals surface area contributed by atoms with Gasteiger partial charge in [0.1, 0.15) is 24.7 Å². The molecule has 0 aliphatic carbocycles. The second kappa shape index (κ2) is 13.9. The zero-order valence-electron chi connectivity index (χ0n) is 21.8. The van der Waals surface area contributed by atoms with Gasteiger partial charge in [0.05, 0.1) is 34.9 Å². The lowest BCUT2D eigenvalue weighted by molar-refractivity contribution is -0.151. The van der Waals surface area contributed by atoms with Crippen LogP contribution < -0.4 is 14.8 Å². The van der Waals surface area contributed by atoms with Gasteiger partial charge in [0.2, 0.25) is 0 Å². The van der Waals surface area contributed by atoms with E-state index in [4.69, 9.17) is 42.1 Å². The Balaban J connectivity index is 2.25. The summed E-state index contributed by atoms with van der Waals surface area (Å²) in [6, 6.07) is 18.7. The zero-order chi connectivity index (χ0) is 28.4. The minimum absolute atomic E-state index is 0.00482. The minimum Gasteiger partial charge on any atom is -0.496 e. The molecule has 0 radical (unpaired) electrons. The van der Waals surface area contributed by atoms with Crippen LogP contribution in [0.3, 0.4) is 0 Å². The number of esters is 2. The fourth-order valence-electron chi connectivity index (χ4n) is 4.11. The highest BCUT2D eigenvalue weighted by molar-refractivity contribution is 6.39. The number of methoxy groups -OCH3 is 1. The van der Waals surface area contributed by atoms with Gasteiger partial charge in [0.25, 0.3) is 5.91 Å². The van der Waals surface area contributed by atoms with E-state index in [0.717, 1.165) is 0 Å². The fraction of sp³-hybridized carbons (Fsp3) is 0.276. The van der Waals surface area contributed by atoms with Crippen LogP contribution in [-0.2, 0) is 31.0 Å². The van der Waals surface area contributed by atoms with E-state index < -0.39 is 23.4 Å². The van der Waals surface area contributed by atoms with Crippen LogP contribution in [0, 0.1) is 0 Å². The Hall–Kier alpha value is -3.75. The molecule has 0 saturated carbocycles. The van der Waals surface area contributed by atoms with Gasteiger partial charge in [-0.1, -0.05) is 65.7 Å². The average Bonchev–Trinajstić information content (AvgIpc) is 2.91. The van der Waals surface area contributed by atoms with Crippen molar-refractivity contribution in [2.75, 3.05) is 26.9 Å². The molecule has 0 bridgehead atoms. The maximum absolute atomic E-state index is 14.0. The van der Waals surface area contributed by atoms with Crippen molar-refractivity contribution >= 4 is 41.0 Å². The summed E-state index contributed by atoms with van der Waals surface area (Å²) in [5.41, 5.74) is -0.919. The Labute approximate surface area is 237 Å². The van der Waals surface area contributed by atoms with E-state index in [0.29, 0.717) is 5.56 Å². The summed E-state index contributed by atoms with van der Waals surface area (Å²) >= 11 is 12.7. The number of hydrogen-bond acceptors (Lipinski definition) is 7. The van der Waals surface area contributed by atoms with Gasteiger partial charge in [-0.3, -0.25) is 9.59 Å². The van der Waals surface area contributed by atoms with Gasteiger partial charge in [0.15, 0.2) is 5.54 Å². The molecular formula is C29H29Cl2NO7. The second-order valence-corrected chi connectivity index (χ2v) is 9.18. The van der Waals surface area contributed by atoms with Crippen LogP contribution in [0.5, 0.6) is 11.5 Å². The number of ether oxygens (including phenoxy) is 4. The predicted octanol–water partition coefficient (Wildman–Crippen LogP) is 5.38. The van der Waals surface area contributed by atoms with E-state index in [1.165, 1.54) is 26.2 Å². The molecule has 3 rings (SSSR count). The molecule has 3 aromatic rings. The molecule has 10 heteroatoms. The number of benzene rings is 3. The molecule has 0 aliphatic rings. The molecule has 0 aromatic heterocycles. The molecule has 39 heavy (non-hydrogen) atoms. The molecule has 0 spiro atoms. The normalized spacial score (nSPS) is 12.1. The second-order valence-electron chi connectivity index (χ2n) is 8.36. The molecular weight excluding hydrogens is 545 g/mol. The van der Waals surface area contributed by atoms with Crippen molar-refractivity contribution < 1.29 is 33.3 Å². The number of nitrogens with one attached hydrogen (secondary N) is 1. The molecule has 1 atom stereocenters. The van der Waals surface area contributed by atoms with Gasteiger partial charge >= 0.3 is 11.9 Å². The van der Waals surface area contributed by atoms with E-state index in [1.54, 1.807) is 31.2 Å². The molecule has 3 aromatic carbocycles. The number of halogens is 2. The lowest BCUT2D eigenvalue weighted by Gasteiger charge is -2.35. The summed E-state index contributed by atoms with van der Waals surface area (Å²) in [7, 11) is 1.44. The number of carbonyl (C=O) groups is 3. The first kappa shape index (κ1) is 29.8. The van der Waals surface area contributed by atoms with Gasteiger partial charge in [-0.15, -0.1) is 0 Å². The predicted molar refractivity (Wildman–Crippen MR) is 148 cm³/mol. The standard InChI is InChI=1S/C29H29Cl2NO7/c1-4-37-28(35)29(18-20-10-6-5-7-11-20,32-27(34)25-21(30)12-8-13-22(25)31)26-23(36-3)14-9-15-24(26)39-17-16-38-19(2)33/h5-15H,4,16-18H2,1-3H3,(H,32,34)/t29-/m1/s1. The van der Waals surface area contributed by atoms with E-state index in [2.05, 4.69) is 5.32 Å². The maximum atomic E-state index is 14.0. The van der Waals surface area contributed by atoms with Crippen molar-refractivity contribution in [1.29, 1.82) is 0 Å². The van der Waals surface area contributed by atoms with Crippen LogP contribution in [0.2, 0.25) is 10.0 Å². The summed E-state index contributed by atoms with van der Waals surface area (Å²) in [4.78, 5) is 39.0. The van der Waals surface area contributed by atoms with Crippen LogP contribution in [0.4, 0.5) is 0 Å². The molecule has 1 N–H and O–H groups in total.